The Bertz CT molecular complexity index is 1320. The number of nitrogen functional groups attached to an aromatic ring is 1. The van der Waals surface area contributed by atoms with Gasteiger partial charge in [0.05, 0.1) is 24.2 Å². The molecule has 0 saturated heterocycles. The molecule has 0 aliphatic heterocycles. The summed E-state index contributed by atoms with van der Waals surface area (Å²) in [5.41, 5.74) is 7.84. The summed E-state index contributed by atoms with van der Waals surface area (Å²) in [6.07, 6.45) is 0.986. The van der Waals surface area contributed by atoms with Gasteiger partial charge in [0.1, 0.15) is 17.7 Å². The van der Waals surface area contributed by atoms with E-state index in [0.717, 1.165) is 42.5 Å². The number of nitrogens with two attached hydrogens (primary N) is 1. The van der Waals surface area contributed by atoms with Gasteiger partial charge in [-0.1, -0.05) is 49.4 Å². The number of halogens is 1. The molecule has 3 heterocycles. The fourth-order valence-corrected chi connectivity index (χ4v) is 5.95. The van der Waals surface area contributed by atoms with Crippen LogP contribution < -0.4 is 15.4 Å². The molecule has 4 aromatic rings. The Morgan fingerprint density at radius 2 is 2.00 bits per heavy atom. The Morgan fingerprint density at radius 1 is 1.16 bits per heavy atom. The fraction of sp³-hybridized carbons (Fsp3) is 0.423. The maximum absolute atomic E-state index is 6.32. The van der Waals surface area contributed by atoms with Crippen molar-refractivity contribution in [2.45, 2.75) is 51.4 Å². The van der Waals surface area contributed by atoms with Gasteiger partial charge in [-0.3, -0.25) is 4.57 Å². The summed E-state index contributed by atoms with van der Waals surface area (Å²) >= 11 is 7.93. The molecule has 0 spiro atoms. The summed E-state index contributed by atoms with van der Waals surface area (Å²) in [4.78, 5) is 16.8. The van der Waals surface area contributed by atoms with Crippen LogP contribution in [0.15, 0.2) is 47.8 Å². The Morgan fingerprint density at radius 3 is 2.76 bits per heavy atom. The molecule has 0 unspecified atom stereocenters. The summed E-state index contributed by atoms with van der Waals surface area (Å²) < 4.78 is 14.4. The number of aromatic nitrogens is 4. The van der Waals surface area contributed by atoms with Crippen LogP contribution in [0.1, 0.15) is 11.3 Å². The van der Waals surface area contributed by atoms with E-state index in [1.54, 1.807) is 17.4 Å². The lowest BCUT2D eigenvalue weighted by Crippen LogP contribution is -2.28. The van der Waals surface area contributed by atoms with E-state index in [4.69, 9.17) is 31.8 Å². The first-order valence-corrected chi connectivity index (χ1v) is 17.5. The van der Waals surface area contributed by atoms with Crippen LogP contribution in [0, 0.1) is 5.92 Å². The van der Waals surface area contributed by atoms with Crippen LogP contribution >= 0.6 is 22.9 Å². The molecule has 1 aliphatic rings. The molecule has 2 N–H and O–H groups in total. The monoisotopic (exact) mass is 556 g/mol. The number of benzene rings is 1. The van der Waals surface area contributed by atoms with E-state index in [-0.39, 0.29) is 12.0 Å². The number of nitrogens with zero attached hydrogens (tertiary/aromatic N) is 5. The average Bonchev–Trinajstić information content (AvgIpc) is 3.24. The van der Waals surface area contributed by atoms with E-state index in [9.17, 15) is 0 Å². The van der Waals surface area contributed by atoms with Crippen molar-refractivity contribution in [3.05, 3.63) is 57.9 Å². The minimum absolute atomic E-state index is 0.176. The number of rotatable bonds is 12. The average molecular weight is 557 g/mol. The number of imidazole rings is 1. The van der Waals surface area contributed by atoms with Crippen molar-refractivity contribution in [3.63, 3.8) is 0 Å². The van der Waals surface area contributed by atoms with E-state index in [0.29, 0.717) is 30.4 Å². The summed E-state index contributed by atoms with van der Waals surface area (Å²) in [5, 5.41) is 2.42. The van der Waals surface area contributed by atoms with Crippen LogP contribution in [0.5, 0.6) is 6.01 Å². The molecule has 1 saturated carbocycles. The highest BCUT2D eigenvalue weighted by Gasteiger charge is 2.43. The second-order valence-corrected chi connectivity index (χ2v) is 17.7. The Kier molecular flexibility index (Phi) is 7.71. The quantitative estimate of drug-likeness (QED) is 0.132. The number of ether oxygens (including phenoxy) is 2. The lowest BCUT2D eigenvalue weighted by molar-refractivity contribution is 0.0811. The highest BCUT2D eigenvalue weighted by Crippen LogP contribution is 2.40. The molecule has 1 fully saturated rings. The summed E-state index contributed by atoms with van der Waals surface area (Å²) in [7, 11) is -1.16. The van der Waals surface area contributed by atoms with Crippen LogP contribution in [0.2, 0.25) is 30.8 Å². The Balaban J connectivity index is 1.28. The van der Waals surface area contributed by atoms with Gasteiger partial charge in [-0.15, -0.1) is 11.3 Å². The van der Waals surface area contributed by atoms with Gasteiger partial charge in [0.15, 0.2) is 0 Å². The van der Waals surface area contributed by atoms with Crippen LogP contribution in [0.25, 0.3) is 11.0 Å². The molecule has 0 bridgehead atoms. The minimum Gasteiger partial charge on any atom is -0.464 e. The number of fused-ring (bicyclic) bond motifs is 1. The third kappa shape index (κ3) is 6.62. The smallest absolute Gasteiger partial charge is 0.299 e. The van der Waals surface area contributed by atoms with Crippen molar-refractivity contribution in [2.24, 2.45) is 5.92 Å². The number of hydrogen-bond donors (Lipinski definition) is 1. The van der Waals surface area contributed by atoms with Crippen molar-refractivity contribution in [1.82, 2.24) is 19.5 Å². The molecule has 11 heteroatoms. The molecular weight excluding hydrogens is 524 g/mol. The normalized spacial score (nSPS) is 17.3. The van der Waals surface area contributed by atoms with Gasteiger partial charge in [0.2, 0.25) is 5.95 Å². The fourth-order valence-electron chi connectivity index (χ4n) is 4.31. The van der Waals surface area contributed by atoms with Gasteiger partial charge in [-0.25, -0.2) is 4.98 Å². The molecule has 8 nitrogen and oxygen atoms in total. The third-order valence-corrected chi connectivity index (χ3v) is 9.21. The van der Waals surface area contributed by atoms with Gasteiger partial charge < -0.3 is 20.1 Å². The van der Waals surface area contributed by atoms with E-state index in [2.05, 4.69) is 58.1 Å². The van der Waals surface area contributed by atoms with Crippen LogP contribution in [0.4, 0.5) is 11.8 Å². The zero-order valence-corrected chi connectivity index (χ0v) is 24.0. The number of hydrogen-bond acceptors (Lipinski definition) is 8. The molecule has 1 aliphatic carbocycles. The summed E-state index contributed by atoms with van der Waals surface area (Å²) in [6, 6.07) is 16.0. The van der Waals surface area contributed by atoms with Crippen molar-refractivity contribution in [2.75, 3.05) is 23.8 Å². The first-order valence-electron chi connectivity index (χ1n) is 12.5. The number of para-hydroxylation sites is 2. The number of anilines is 2. The van der Waals surface area contributed by atoms with Gasteiger partial charge in [0.25, 0.3) is 6.01 Å². The third-order valence-electron chi connectivity index (χ3n) is 6.45. The largest absolute Gasteiger partial charge is 0.464 e. The lowest BCUT2D eigenvalue weighted by atomic mass is 10.3. The first-order chi connectivity index (χ1) is 17.8. The standard InChI is InChI=1S/C26H33ClN6O2SSi/c1-37(2,3)12-10-34-17-33-21-9-5-4-8-20(21)29-26(33)35-16-18-13-22(18)32(15-19-7-6-11-36-19)24-14-23(27)30-25(28)31-24/h4-9,11,14,18,22H,10,12-13,15-17H2,1-3H3,(H2,28,30,31)/t18-,22-/m0/s1. The second-order valence-electron chi connectivity index (χ2n) is 10.6. The van der Waals surface area contributed by atoms with E-state index in [1.807, 2.05) is 22.8 Å². The minimum atomic E-state index is -1.16. The molecule has 1 aromatic carbocycles. The SMILES string of the molecule is C[Si](C)(C)CCOCn1c(OC[C@@H]2C[C@@H]2N(Cc2cccs2)c2cc(Cl)nc(N)n2)nc2ccccc21. The van der Waals surface area contributed by atoms with Crippen LogP contribution in [-0.2, 0) is 18.0 Å². The van der Waals surface area contributed by atoms with Gasteiger partial charge in [-0.05, 0) is 36.0 Å². The molecule has 5 rings (SSSR count). The predicted octanol–water partition coefficient (Wildman–Crippen LogP) is 5.91. The second kappa shape index (κ2) is 11.0. The molecule has 0 radical (unpaired) electrons. The maximum Gasteiger partial charge on any atom is 0.299 e. The van der Waals surface area contributed by atoms with Crippen LogP contribution in [0.3, 0.4) is 0 Å². The molecular formula is C26H33ClN6O2SSi. The van der Waals surface area contributed by atoms with E-state index < -0.39 is 8.07 Å². The lowest BCUT2D eigenvalue weighted by Gasteiger charge is -2.24. The first kappa shape index (κ1) is 26.0. The highest BCUT2D eigenvalue weighted by molar-refractivity contribution is 7.09. The van der Waals surface area contributed by atoms with Gasteiger partial charge >= 0.3 is 0 Å². The molecule has 37 heavy (non-hydrogen) atoms. The molecule has 2 atom stereocenters. The van der Waals surface area contributed by atoms with Crippen molar-refractivity contribution in [1.29, 1.82) is 0 Å². The van der Waals surface area contributed by atoms with E-state index in [1.165, 1.54) is 4.88 Å². The van der Waals surface area contributed by atoms with Crippen LogP contribution in [-0.4, -0.2) is 46.8 Å². The molecule has 196 valence electrons. The maximum atomic E-state index is 6.32. The zero-order chi connectivity index (χ0) is 26.0. The zero-order valence-electron chi connectivity index (χ0n) is 21.4. The van der Waals surface area contributed by atoms with Crippen molar-refractivity contribution < 1.29 is 9.47 Å². The van der Waals surface area contributed by atoms with Crippen molar-refractivity contribution in [3.8, 4) is 6.01 Å². The Hall–Kier alpha value is -2.66. The molecule has 3 aromatic heterocycles. The van der Waals surface area contributed by atoms with Gasteiger partial charge in [0, 0.05) is 37.6 Å². The summed E-state index contributed by atoms with van der Waals surface area (Å²) in [6.45, 7) is 9.53. The topological polar surface area (TPSA) is 91.3 Å². The predicted molar refractivity (Wildman–Crippen MR) is 153 cm³/mol. The summed E-state index contributed by atoms with van der Waals surface area (Å²) in [5.74, 6) is 1.24. The van der Waals surface area contributed by atoms with E-state index >= 15 is 0 Å². The van der Waals surface area contributed by atoms with Crippen molar-refractivity contribution >= 4 is 53.8 Å². The highest BCUT2D eigenvalue weighted by atomic mass is 35.5. The Labute approximate surface area is 227 Å². The van der Waals surface area contributed by atoms with Gasteiger partial charge in [-0.2, -0.15) is 9.97 Å². The number of thiophene rings is 1. The molecule has 0 amide bonds.